The van der Waals surface area contributed by atoms with Gasteiger partial charge in [0.2, 0.25) is 0 Å². The summed E-state index contributed by atoms with van der Waals surface area (Å²) in [6.07, 6.45) is 2.48. The summed E-state index contributed by atoms with van der Waals surface area (Å²) in [7, 11) is 2.07. The van der Waals surface area contributed by atoms with Gasteiger partial charge in [0.25, 0.3) is 0 Å². The lowest BCUT2D eigenvalue weighted by Gasteiger charge is -2.19. The lowest BCUT2D eigenvalue weighted by atomic mass is 10.1. The van der Waals surface area contributed by atoms with E-state index < -0.39 is 6.10 Å². The minimum absolute atomic E-state index is 0.555. The van der Waals surface area contributed by atoms with Crippen LogP contribution >= 0.6 is 23.2 Å². The molecule has 0 fully saturated rings. The molecule has 1 unspecified atom stereocenters. The molecule has 4 heteroatoms. The van der Waals surface area contributed by atoms with Crippen molar-refractivity contribution < 1.29 is 5.11 Å². The van der Waals surface area contributed by atoms with E-state index in [1.165, 1.54) is 12.8 Å². The van der Waals surface area contributed by atoms with Crippen molar-refractivity contribution in [3.8, 4) is 0 Å². The lowest BCUT2D eigenvalue weighted by Crippen LogP contribution is -2.22. The van der Waals surface area contributed by atoms with E-state index in [4.69, 9.17) is 23.2 Å². The molecule has 0 bridgehead atoms. The maximum atomic E-state index is 10.1. The van der Waals surface area contributed by atoms with Crippen molar-refractivity contribution in [1.82, 2.24) is 4.90 Å². The fourth-order valence-electron chi connectivity index (χ4n) is 1.81. The van der Waals surface area contributed by atoms with E-state index >= 15 is 0 Å². The van der Waals surface area contributed by atoms with Crippen molar-refractivity contribution >= 4 is 23.2 Å². The molecule has 0 spiro atoms. The summed E-state index contributed by atoms with van der Waals surface area (Å²) in [5, 5.41) is 11.3. The van der Waals surface area contributed by atoms with Gasteiger partial charge < -0.3 is 10.0 Å². The largest absolute Gasteiger partial charge is 0.388 e. The third-order valence-corrected chi connectivity index (χ3v) is 3.57. The Morgan fingerprint density at radius 1 is 1.28 bits per heavy atom. The standard InChI is InChI=1S/C14H21Cl2NO/c1-3-4-8-17(2)9-7-14(18)12-10-11(15)5-6-13(12)16/h5-6,10,14,18H,3-4,7-9H2,1-2H3. The summed E-state index contributed by atoms with van der Waals surface area (Å²) in [6.45, 7) is 4.09. The van der Waals surface area contributed by atoms with Gasteiger partial charge in [0.1, 0.15) is 0 Å². The molecule has 2 nitrogen and oxygen atoms in total. The van der Waals surface area contributed by atoms with Crippen LogP contribution in [0.15, 0.2) is 18.2 Å². The van der Waals surface area contributed by atoms with Crippen molar-refractivity contribution in [3.05, 3.63) is 33.8 Å². The molecule has 0 aromatic heterocycles. The van der Waals surface area contributed by atoms with Crippen LogP contribution < -0.4 is 0 Å². The van der Waals surface area contributed by atoms with Gasteiger partial charge in [-0.15, -0.1) is 0 Å². The van der Waals surface area contributed by atoms with Gasteiger partial charge in [0.05, 0.1) is 6.10 Å². The summed E-state index contributed by atoms with van der Waals surface area (Å²) < 4.78 is 0. The molecule has 18 heavy (non-hydrogen) atoms. The first-order valence-electron chi connectivity index (χ1n) is 6.36. The minimum atomic E-state index is -0.555. The summed E-state index contributed by atoms with van der Waals surface area (Å²) in [5.74, 6) is 0. The van der Waals surface area contributed by atoms with Crippen LogP contribution in [-0.4, -0.2) is 30.1 Å². The number of nitrogens with zero attached hydrogens (tertiary/aromatic N) is 1. The van der Waals surface area contributed by atoms with Crippen LogP contribution in [0.2, 0.25) is 10.0 Å². The highest BCUT2D eigenvalue weighted by molar-refractivity contribution is 6.33. The van der Waals surface area contributed by atoms with Gasteiger partial charge in [0.15, 0.2) is 0 Å². The zero-order valence-electron chi connectivity index (χ0n) is 11.0. The molecule has 1 rings (SSSR count). The van der Waals surface area contributed by atoms with Gasteiger partial charge >= 0.3 is 0 Å². The average molecular weight is 290 g/mol. The van der Waals surface area contributed by atoms with E-state index in [2.05, 4.69) is 18.9 Å². The first-order chi connectivity index (χ1) is 8.54. The van der Waals surface area contributed by atoms with Gasteiger partial charge in [-0.1, -0.05) is 36.5 Å². The molecule has 1 aromatic rings. The van der Waals surface area contributed by atoms with Gasteiger partial charge in [-0.3, -0.25) is 0 Å². The topological polar surface area (TPSA) is 23.5 Å². The Morgan fingerprint density at radius 2 is 2.00 bits per heavy atom. The van der Waals surface area contributed by atoms with Crippen LogP contribution in [0.3, 0.4) is 0 Å². The monoisotopic (exact) mass is 289 g/mol. The molecule has 0 saturated heterocycles. The fraction of sp³-hybridized carbons (Fsp3) is 0.571. The quantitative estimate of drug-likeness (QED) is 0.815. The van der Waals surface area contributed by atoms with E-state index in [0.29, 0.717) is 22.0 Å². The van der Waals surface area contributed by atoms with E-state index in [1.54, 1.807) is 18.2 Å². The molecular formula is C14H21Cl2NO. The molecule has 0 aliphatic carbocycles. The van der Waals surface area contributed by atoms with Crippen LogP contribution in [-0.2, 0) is 0 Å². The normalized spacial score (nSPS) is 13.0. The number of hydrogen-bond donors (Lipinski definition) is 1. The first-order valence-corrected chi connectivity index (χ1v) is 7.11. The molecule has 102 valence electrons. The highest BCUT2D eigenvalue weighted by atomic mass is 35.5. The lowest BCUT2D eigenvalue weighted by molar-refractivity contribution is 0.149. The SMILES string of the molecule is CCCCN(C)CCC(O)c1cc(Cl)ccc1Cl. The van der Waals surface area contributed by atoms with Gasteiger partial charge in [-0.2, -0.15) is 0 Å². The molecular weight excluding hydrogens is 269 g/mol. The Morgan fingerprint density at radius 3 is 2.67 bits per heavy atom. The Bertz CT molecular complexity index is 371. The maximum Gasteiger partial charge on any atom is 0.0817 e. The summed E-state index contributed by atoms with van der Waals surface area (Å²) >= 11 is 12.0. The van der Waals surface area contributed by atoms with Gasteiger partial charge in [-0.25, -0.2) is 0 Å². The van der Waals surface area contributed by atoms with E-state index in [0.717, 1.165) is 13.1 Å². The molecule has 1 atom stereocenters. The van der Waals surface area contributed by atoms with E-state index in [9.17, 15) is 5.11 Å². The smallest absolute Gasteiger partial charge is 0.0817 e. The highest BCUT2D eigenvalue weighted by Crippen LogP contribution is 2.28. The third kappa shape index (κ3) is 5.15. The molecule has 0 amide bonds. The van der Waals surface area contributed by atoms with E-state index in [1.807, 2.05) is 0 Å². The summed E-state index contributed by atoms with van der Waals surface area (Å²) in [4.78, 5) is 2.23. The maximum absolute atomic E-state index is 10.1. The van der Waals surface area contributed by atoms with Crippen molar-refractivity contribution in [1.29, 1.82) is 0 Å². The Labute approximate surface area is 120 Å². The van der Waals surface area contributed by atoms with Crippen LogP contribution in [0, 0.1) is 0 Å². The van der Waals surface area contributed by atoms with Crippen LogP contribution in [0.25, 0.3) is 0 Å². The number of rotatable bonds is 7. The molecule has 1 N–H and O–H groups in total. The Hall–Kier alpha value is -0.280. The second-order valence-electron chi connectivity index (χ2n) is 4.63. The zero-order valence-corrected chi connectivity index (χ0v) is 12.5. The van der Waals surface area contributed by atoms with Crippen molar-refractivity contribution in [2.75, 3.05) is 20.1 Å². The van der Waals surface area contributed by atoms with Crippen molar-refractivity contribution in [2.24, 2.45) is 0 Å². The van der Waals surface area contributed by atoms with Crippen LogP contribution in [0.4, 0.5) is 0 Å². The fourth-order valence-corrected chi connectivity index (χ4v) is 2.23. The zero-order chi connectivity index (χ0) is 13.5. The molecule has 0 heterocycles. The number of hydrogen-bond acceptors (Lipinski definition) is 2. The predicted octanol–water partition coefficient (Wildman–Crippen LogP) is 4.15. The minimum Gasteiger partial charge on any atom is -0.388 e. The molecule has 0 radical (unpaired) electrons. The second kappa shape index (κ2) is 8.00. The number of benzene rings is 1. The first kappa shape index (κ1) is 15.8. The predicted molar refractivity (Wildman–Crippen MR) is 78.4 cm³/mol. The molecule has 0 aliphatic heterocycles. The molecule has 0 saturated carbocycles. The van der Waals surface area contributed by atoms with Crippen LogP contribution in [0.1, 0.15) is 37.9 Å². The average Bonchev–Trinajstić information content (AvgIpc) is 2.36. The third-order valence-electron chi connectivity index (χ3n) is 2.99. The molecule has 1 aromatic carbocycles. The van der Waals surface area contributed by atoms with Crippen LogP contribution in [0.5, 0.6) is 0 Å². The number of aliphatic hydroxyl groups excluding tert-OH is 1. The summed E-state index contributed by atoms with van der Waals surface area (Å²) in [5.41, 5.74) is 0.716. The molecule has 0 aliphatic rings. The van der Waals surface area contributed by atoms with Gasteiger partial charge in [0, 0.05) is 22.2 Å². The Balaban J connectivity index is 2.49. The highest BCUT2D eigenvalue weighted by Gasteiger charge is 2.13. The van der Waals surface area contributed by atoms with E-state index in [-0.39, 0.29) is 0 Å². The number of aliphatic hydroxyl groups is 1. The van der Waals surface area contributed by atoms with Crippen molar-refractivity contribution in [3.63, 3.8) is 0 Å². The number of unbranched alkanes of at least 4 members (excludes halogenated alkanes) is 1. The number of halogens is 2. The summed E-state index contributed by atoms with van der Waals surface area (Å²) in [6, 6.07) is 5.19. The Kier molecular flexibility index (Phi) is 7.02. The van der Waals surface area contributed by atoms with Crippen molar-refractivity contribution in [2.45, 2.75) is 32.3 Å². The van der Waals surface area contributed by atoms with Gasteiger partial charge in [-0.05, 0) is 44.6 Å². The second-order valence-corrected chi connectivity index (χ2v) is 5.47.